The van der Waals surface area contributed by atoms with Gasteiger partial charge in [-0.05, 0) is 74.7 Å². The third kappa shape index (κ3) is 8.92. The van der Waals surface area contributed by atoms with Crippen molar-refractivity contribution in [2.75, 3.05) is 13.7 Å². The van der Waals surface area contributed by atoms with Crippen LogP contribution in [-0.4, -0.2) is 52.9 Å². The van der Waals surface area contributed by atoms with Gasteiger partial charge >= 0.3 is 6.09 Å². The Labute approximate surface area is 278 Å². The van der Waals surface area contributed by atoms with E-state index in [4.69, 9.17) is 4.74 Å². The maximum absolute atomic E-state index is 13.4. The Morgan fingerprint density at radius 2 is 1.58 bits per heavy atom. The molecule has 1 amide bonds. The lowest BCUT2D eigenvalue weighted by atomic mass is 9.63. The zero-order valence-corrected chi connectivity index (χ0v) is 31.9. The van der Waals surface area contributed by atoms with Crippen molar-refractivity contribution >= 4 is 43.5 Å². The van der Waals surface area contributed by atoms with E-state index in [0.717, 1.165) is 37.0 Å². The van der Waals surface area contributed by atoms with Crippen LogP contribution in [0.4, 0.5) is 4.79 Å². The SMILES string of the molecule is CCC(C)C(CC)C(CC)C(CC)C(CC)C(CC)CCC=NS(=O)(=O)c1cc2c(s1)S(=O)(=O)[C@@H](C)C[C@@H]2N(CC)C(=O)OC. The first-order chi connectivity index (χ1) is 21.2. The lowest BCUT2D eigenvalue weighted by molar-refractivity contribution is 0.0731. The van der Waals surface area contributed by atoms with Crippen molar-refractivity contribution in [3.8, 4) is 0 Å². The van der Waals surface area contributed by atoms with Gasteiger partial charge in [-0.2, -0.15) is 12.8 Å². The van der Waals surface area contributed by atoms with Crippen molar-refractivity contribution < 1.29 is 26.4 Å². The van der Waals surface area contributed by atoms with Crippen LogP contribution in [0.1, 0.15) is 132 Å². The average Bonchev–Trinajstić information content (AvgIpc) is 3.50. The second kappa shape index (κ2) is 17.6. The zero-order valence-electron chi connectivity index (χ0n) is 29.4. The van der Waals surface area contributed by atoms with Gasteiger partial charge in [0.05, 0.1) is 18.4 Å². The Morgan fingerprint density at radius 1 is 1.00 bits per heavy atom. The normalized spacial score (nSPS) is 22.3. The van der Waals surface area contributed by atoms with Gasteiger partial charge in [-0.1, -0.05) is 87.0 Å². The Bertz CT molecular complexity index is 1320. The molecule has 0 aliphatic carbocycles. The number of carbonyl (C=O) groups excluding carboxylic acids is 1. The number of nitrogens with zero attached hydrogens (tertiary/aromatic N) is 2. The van der Waals surface area contributed by atoms with Crippen LogP contribution in [0.5, 0.6) is 0 Å². The molecular formula is C34H60N2O6S3. The summed E-state index contributed by atoms with van der Waals surface area (Å²) in [6, 6.07) is 0.800. The predicted molar refractivity (Wildman–Crippen MR) is 186 cm³/mol. The Balaban J connectivity index is 2.31. The molecule has 45 heavy (non-hydrogen) atoms. The van der Waals surface area contributed by atoms with Crippen molar-refractivity contribution in [3.63, 3.8) is 0 Å². The second-order valence-corrected chi connectivity index (χ2v) is 18.3. The first-order valence-electron chi connectivity index (χ1n) is 17.2. The highest BCUT2D eigenvalue weighted by Crippen LogP contribution is 2.46. The summed E-state index contributed by atoms with van der Waals surface area (Å²) in [5.74, 6) is 3.76. The van der Waals surface area contributed by atoms with Gasteiger partial charge in [-0.15, -0.1) is 11.3 Å². The van der Waals surface area contributed by atoms with Gasteiger partial charge in [0, 0.05) is 18.3 Å². The average molecular weight is 689 g/mol. The molecule has 11 heteroatoms. The van der Waals surface area contributed by atoms with Crippen molar-refractivity contribution in [1.82, 2.24) is 4.90 Å². The number of carbonyl (C=O) groups is 1. The van der Waals surface area contributed by atoms with Crippen molar-refractivity contribution in [2.24, 2.45) is 39.9 Å². The number of hydrogen-bond donors (Lipinski definition) is 0. The largest absolute Gasteiger partial charge is 0.453 e. The van der Waals surface area contributed by atoms with Crippen molar-refractivity contribution in [3.05, 3.63) is 11.6 Å². The van der Waals surface area contributed by atoms with Crippen LogP contribution in [0, 0.1) is 35.5 Å². The first-order valence-corrected chi connectivity index (χ1v) is 21.0. The van der Waals surface area contributed by atoms with Gasteiger partial charge in [-0.25, -0.2) is 13.2 Å². The van der Waals surface area contributed by atoms with Gasteiger partial charge in [0.1, 0.15) is 8.42 Å². The second-order valence-electron chi connectivity index (χ2n) is 12.9. The summed E-state index contributed by atoms with van der Waals surface area (Å²) >= 11 is 0.734. The fourth-order valence-corrected chi connectivity index (χ4v) is 12.9. The van der Waals surface area contributed by atoms with E-state index in [1.807, 2.05) is 0 Å². The summed E-state index contributed by atoms with van der Waals surface area (Å²) in [6.45, 7) is 19.9. The third-order valence-corrected chi connectivity index (χ3v) is 16.3. The first kappa shape index (κ1) is 39.7. The van der Waals surface area contributed by atoms with E-state index in [2.05, 4.69) is 52.9 Å². The van der Waals surface area contributed by atoms with Crippen LogP contribution >= 0.6 is 11.3 Å². The molecule has 6 unspecified atom stereocenters. The van der Waals surface area contributed by atoms with Crippen LogP contribution in [0.2, 0.25) is 0 Å². The summed E-state index contributed by atoms with van der Waals surface area (Å²) < 4.78 is 62.0. The molecule has 0 bridgehead atoms. The minimum atomic E-state index is -4.11. The molecule has 1 aromatic heterocycles. The van der Waals surface area contributed by atoms with Crippen LogP contribution in [0.3, 0.4) is 0 Å². The highest BCUT2D eigenvalue weighted by molar-refractivity contribution is 7.96. The summed E-state index contributed by atoms with van der Waals surface area (Å²) in [6.07, 6.45) is 9.37. The van der Waals surface area contributed by atoms with E-state index < -0.39 is 37.2 Å². The molecule has 8 atom stereocenters. The van der Waals surface area contributed by atoms with Crippen molar-refractivity contribution in [2.45, 2.75) is 140 Å². The smallest absolute Gasteiger partial charge is 0.409 e. The Kier molecular flexibility index (Phi) is 15.6. The standard InChI is InChI=1S/C34H60N2O6S3/c1-11-23(8)26(13-3)28(15-5)29(16-6)27(14-4)25(12-2)19-18-20-35-45(40,41)32-22-30-31(36(17-7)34(37)42-10)21-24(9)44(38,39)33(30)43-32/h20,22-29,31H,11-19,21H2,1-10H3/t23?,24-,25?,26?,27?,28?,29?,31-/m0/s1. The molecule has 0 saturated carbocycles. The topological polar surface area (TPSA) is 110 Å². The quantitative estimate of drug-likeness (QED) is 0.142. The van der Waals surface area contributed by atoms with Crippen LogP contribution < -0.4 is 0 Å². The molecule has 2 heterocycles. The van der Waals surface area contributed by atoms with Gasteiger partial charge in [0.25, 0.3) is 10.0 Å². The maximum Gasteiger partial charge on any atom is 0.409 e. The van der Waals surface area contributed by atoms with Crippen LogP contribution in [0.15, 0.2) is 18.9 Å². The fourth-order valence-electron chi connectivity index (χ4n) is 8.06. The van der Waals surface area contributed by atoms with Crippen molar-refractivity contribution in [1.29, 1.82) is 0 Å². The van der Waals surface area contributed by atoms with E-state index in [1.54, 1.807) is 13.8 Å². The monoisotopic (exact) mass is 688 g/mol. The molecule has 0 fully saturated rings. The molecule has 2 rings (SSSR count). The number of hydrogen-bond acceptors (Lipinski definition) is 7. The van der Waals surface area contributed by atoms with Crippen LogP contribution in [-0.2, 0) is 24.6 Å². The number of amides is 1. The van der Waals surface area contributed by atoms with Gasteiger partial charge < -0.3 is 9.64 Å². The Morgan fingerprint density at radius 3 is 2.07 bits per heavy atom. The van der Waals surface area contributed by atoms with Gasteiger partial charge in [0.15, 0.2) is 9.84 Å². The minimum absolute atomic E-state index is 0.00178. The molecule has 0 spiro atoms. The number of fused-ring (bicyclic) bond motifs is 1. The van der Waals surface area contributed by atoms with E-state index in [1.165, 1.54) is 43.6 Å². The van der Waals surface area contributed by atoms with E-state index in [9.17, 15) is 21.6 Å². The highest BCUT2D eigenvalue weighted by Gasteiger charge is 2.43. The number of sulfonamides is 1. The minimum Gasteiger partial charge on any atom is -0.453 e. The number of ether oxygens (including phenoxy) is 1. The molecule has 1 aromatic rings. The molecule has 1 aliphatic heterocycles. The molecule has 0 aromatic carbocycles. The number of rotatable bonds is 18. The molecule has 260 valence electrons. The number of methoxy groups -OCH3 is 1. The lowest BCUT2D eigenvalue weighted by Crippen LogP contribution is -2.40. The summed E-state index contributed by atoms with van der Waals surface area (Å²) in [5, 5.41) is -0.763. The van der Waals surface area contributed by atoms with Gasteiger partial charge in [-0.3, -0.25) is 0 Å². The fraction of sp³-hybridized carbons (Fsp3) is 0.824. The molecule has 0 saturated heterocycles. The lowest BCUT2D eigenvalue weighted by Gasteiger charge is -2.42. The highest BCUT2D eigenvalue weighted by atomic mass is 32.3. The molecule has 1 aliphatic rings. The molecule has 0 radical (unpaired) electrons. The van der Waals surface area contributed by atoms with Gasteiger partial charge in [0.2, 0.25) is 0 Å². The molecular weight excluding hydrogens is 629 g/mol. The Hall–Kier alpha value is -1.46. The molecule has 0 N–H and O–H groups in total. The predicted octanol–water partition coefficient (Wildman–Crippen LogP) is 9.16. The summed E-state index contributed by atoms with van der Waals surface area (Å²) in [5.41, 5.74) is 0.329. The van der Waals surface area contributed by atoms with E-state index in [0.29, 0.717) is 54.0 Å². The van der Waals surface area contributed by atoms with E-state index in [-0.39, 0.29) is 14.8 Å². The number of thiophene rings is 1. The van der Waals surface area contributed by atoms with Crippen LogP contribution in [0.25, 0.3) is 0 Å². The maximum atomic E-state index is 13.4. The number of sulfone groups is 1. The zero-order chi connectivity index (χ0) is 34.1. The molecule has 8 nitrogen and oxygen atoms in total. The summed E-state index contributed by atoms with van der Waals surface area (Å²) in [7, 11) is -6.57. The third-order valence-electron chi connectivity index (χ3n) is 10.7. The van der Waals surface area contributed by atoms with E-state index >= 15 is 0 Å². The summed E-state index contributed by atoms with van der Waals surface area (Å²) in [4.78, 5) is 13.9.